The van der Waals surface area contributed by atoms with Gasteiger partial charge in [0.05, 0.1) is 5.60 Å². The summed E-state index contributed by atoms with van der Waals surface area (Å²) in [6, 6.07) is 0. The van der Waals surface area contributed by atoms with Gasteiger partial charge in [0, 0.05) is 6.54 Å². The highest BCUT2D eigenvalue weighted by Crippen LogP contribution is 2.05. The minimum atomic E-state index is -0.546. The van der Waals surface area contributed by atoms with Crippen molar-refractivity contribution in [2.45, 2.75) is 39.2 Å². The fourth-order valence-electron chi connectivity index (χ4n) is 0.835. The van der Waals surface area contributed by atoms with E-state index in [9.17, 15) is 5.11 Å². The van der Waals surface area contributed by atoms with Crippen molar-refractivity contribution in [1.82, 2.24) is 5.32 Å². The van der Waals surface area contributed by atoms with Gasteiger partial charge in [0.15, 0.2) is 0 Å². The minimum absolute atomic E-state index is 0.546. The number of allylic oxidation sites excluding steroid dienone is 1. The average Bonchev–Trinajstić information content (AvgIpc) is 2.04. The smallest absolute Gasteiger partial charge is 0.0740 e. The first kappa shape index (κ1) is 11.7. The molecule has 0 aliphatic carbocycles. The van der Waals surface area contributed by atoms with E-state index in [1.807, 2.05) is 26.8 Å². The lowest BCUT2D eigenvalue weighted by Gasteiger charge is -2.21. The van der Waals surface area contributed by atoms with Crippen molar-refractivity contribution in [2.75, 3.05) is 13.1 Å². The van der Waals surface area contributed by atoms with Crippen molar-refractivity contribution in [3.05, 3.63) is 12.2 Å². The number of hydrogen-bond acceptors (Lipinski definition) is 2. The van der Waals surface area contributed by atoms with Gasteiger partial charge in [0.2, 0.25) is 0 Å². The maximum absolute atomic E-state index is 9.60. The zero-order valence-corrected chi connectivity index (χ0v) is 8.43. The van der Waals surface area contributed by atoms with Gasteiger partial charge in [-0.2, -0.15) is 0 Å². The van der Waals surface area contributed by atoms with E-state index in [1.165, 1.54) is 0 Å². The monoisotopic (exact) mass is 171 g/mol. The molecule has 0 bridgehead atoms. The molecule has 1 unspecified atom stereocenters. The van der Waals surface area contributed by atoms with Gasteiger partial charge in [0.25, 0.3) is 0 Å². The van der Waals surface area contributed by atoms with Gasteiger partial charge in [-0.15, -0.1) is 0 Å². The molecule has 1 atom stereocenters. The van der Waals surface area contributed by atoms with Crippen molar-refractivity contribution in [2.24, 2.45) is 0 Å². The quantitative estimate of drug-likeness (QED) is 0.471. The molecule has 72 valence electrons. The average molecular weight is 171 g/mol. The van der Waals surface area contributed by atoms with Crippen LogP contribution in [0.4, 0.5) is 0 Å². The molecule has 0 aromatic heterocycles. The molecule has 2 nitrogen and oxygen atoms in total. The molecule has 0 heterocycles. The largest absolute Gasteiger partial charge is 0.389 e. The Morgan fingerprint density at radius 2 is 2.17 bits per heavy atom. The van der Waals surface area contributed by atoms with Crippen LogP contribution in [0, 0.1) is 0 Å². The Labute approximate surface area is 75.7 Å². The van der Waals surface area contributed by atoms with Gasteiger partial charge in [-0.1, -0.05) is 19.1 Å². The molecular weight excluding hydrogens is 150 g/mol. The van der Waals surface area contributed by atoms with Gasteiger partial charge < -0.3 is 10.4 Å². The van der Waals surface area contributed by atoms with Crippen molar-refractivity contribution in [3.63, 3.8) is 0 Å². The maximum atomic E-state index is 9.60. The molecule has 0 spiro atoms. The number of aliphatic hydroxyl groups is 1. The first-order chi connectivity index (χ1) is 5.62. The summed E-state index contributed by atoms with van der Waals surface area (Å²) in [5, 5.41) is 12.8. The van der Waals surface area contributed by atoms with Crippen LogP contribution >= 0.6 is 0 Å². The molecule has 0 aromatic carbocycles. The van der Waals surface area contributed by atoms with Crippen LogP contribution < -0.4 is 5.32 Å². The van der Waals surface area contributed by atoms with E-state index in [2.05, 4.69) is 11.4 Å². The Morgan fingerprint density at radius 3 is 2.67 bits per heavy atom. The topological polar surface area (TPSA) is 32.3 Å². The van der Waals surface area contributed by atoms with Gasteiger partial charge >= 0.3 is 0 Å². The lowest BCUT2D eigenvalue weighted by Crippen LogP contribution is -2.37. The predicted octanol–water partition coefficient (Wildman–Crippen LogP) is 1.70. The molecule has 0 fully saturated rings. The summed E-state index contributed by atoms with van der Waals surface area (Å²) >= 11 is 0. The fraction of sp³-hybridized carbons (Fsp3) is 0.800. The minimum Gasteiger partial charge on any atom is -0.389 e. The Kier molecular flexibility index (Phi) is 6.03. The normalized spacial score (nSPS) is 16.7. The lowest BCUT2D eigenvalue weighted by molar-refractivity contribution is 0.0562. The molecular formula is C10H21NO. The van der Waals surface area contributed by atoms with Crippen LogP contribution in [0.2, 0.25) is 0 Å². The first-order valence-electron chi connectivity index (χ1n) is 4.66. The van der Waals surface area contributed by atoms with E-state index in [0.717, 1.165) is 19.4 Å². The zero-order chi connectivity index (χ0) is 9.45. The summed E-state index contributed by atoms with van der Waals surface area (Å²) in [6.07, 6.45) is 5.99. The Hall–Kier alpha value is -0.340. The van der Waals surface area contributed by atoms with E-state index in [-0.39, 0.29) is 0 Å². The standard InChI is InChI=1S/C10H21NO/c1-4-6-7-8-11-9-10(3,12)5-2/h4,6,11-12H,5,7-9H2,1-3H3/b6-4+. The second-order valence-electron chi connectivity index (χ2n) is 3.38. The number of hydrogen-bond donors (Lipinski definition) is 2. The Balaban J connectivity index is 3.30. The molecule has 0 rings (SSSR count). The molecule has 0 saturated heterocycles. The third-order valence-electron chi connectivity index (χ3n) is 1.99. The van der Waals surface area contributed by atoms with Crippen LogP contribution in [-0.2, 0) is 0 Å². The van der Waals surface area contributed by atoms with Gasteiger partial charge in [0.1, 0.15) is 0 Å². The molecule has 12 heavy (non-hydrogen) atoms. The molecule has 0 aliphatic heterocycles. The number of rotatable bonds is 6. The molecule has 2 heteroatoms. The Morgan fingerprint density at radius 1 is 1.50 bits per heavy atom. The molecule has 0 aliphatic rings. The van der Waals surface area contributed by atoms with Crippen molar-refractivity contribution < 1.29 is 5.11 Å². The summed E-state index contributed by atoms with van der Waals surface area (Å²) in [5.41, 5.74) is -0.546. The summed E-state index contributed by atoms with van der Waals surface area (Å²) in [5.74, 6) is 0. The van der Waals surface area contributed by atoms with E-state index in [0.29, 0.717) is 6.54 Å². The van der Waals surface area contributed by atoms with E-state index in [1.54, 1.807) is 0 Å². The molecule has 0 saturated carbocycles. The second kappa shape index (κ2) is 6.21. The molecule has 2 N–H and O–H groups in total. The summed E-state index contributed by atoms with van der Waals surface area (Å²) in [7, 11) is 0. The third kappa shape index (κ3) is 6.38. The van der Waals surface area contributed by atoms with Crippen LogP contribution in [0.5, 0.6) is 0 Å². The van der Waals surface area contributed by atoms with E-state index < -0.39 is 5.60 Å². The van der Waals surface area contributed by atoms with Crippen molar-refractivity contribution in [3.8, 4) is 0 Å². The molecule has 0 amide bonds. The highest BCUT2D eigenvalue weighted by atomic mass is 16.3. The van der Waals surface area contributed by atoms with Crippen LogP contribution in [0.1, 0.15) is 33.6 Å². The lowest BCUT2D eigenvalue weighted by atomic mass is 10.0. The van der Waals surface area contributed by atoms with Crippen molar-refractivity contribution in [1.29, 1.82) is 0 Å². The summed E-state index contributed by atoms with van der Waals surface area (Å²) in [4.78, 5) is 0. The SMILES string of the molecule is C/C=C/CCNCC(C)(O)CC. The second-order valence-corrected chi connectivity index (χ2v) is 3.38. The van der Waals surface area contributed by atoms with Gasteiger partial charge in [-0.25, -0.2) is 0 Å². The van der Waals surface area contributed by atoms with Crippen LogP contribution in [0.25, 0.3) is 0 Å². The van der Waals surface area contributed by atoms with Crippen LogP contribution in [0.3, 0.4) is 0 Å². The third-order valence-corrected chi connectivity index (χ3v) is 1.99. The van der Waals surface area contributed by atoms with Gasteiger partial charge in [-0.3, -0.25) is 0 Å². The van der Waals surface area contributed by atoms with Gasteiger partial charge in [-0.05, 0) is 33.2 Å². The number of nitrogens with one attached hydrogen (secondary N) is 1. The molecule has 0 radical (unpaired) electrons. The summed E-state index contributed by atoms with van der Waals surface area (Å²) < 4.78 is 0. The van der Waals surface area contributed by atoms with Crippen molar-refractivity contribution >= 4 is 0 Å². The zero-order valence-electron chi connectivity index (χ0n) is 8.43. The van der Waals surface area contributed by atoms with Crippen LogP contribution in [-0.4, -0.2) is 23.8 Å². The highest BCUT2D eigenvalue weighted by molar-refractivity contribution is 4.79. The van der Waals surface area contributed by atoms with E-state index in [4.69, 9.17) is 0 Å². The fourth-order valence-corrected chi connectivity index (χ4v) is 0.835. The van der Waals surface area contributed by atoms with E-state index >= 15 is 0 Å². The Bertz CT molecular complexity index is 130. The highest BCUT2D eigenvalue weighted by Gasteiger charge is 2.15. The van der Waals surface area contributed by atoms with Crippen LogP contribution in [0.15, 0.2) is 12.2 Å². The summed E-state index contributed by atoms with van der Waals surface area (Å²) in [6.45, 7) is 7.49. The first-order valence-corrected chi connectivity index (χ1v) is 4.66. The maximum Gasteiger partial charge on any atom is 0.0740 e. The predicted molar refractivity (Wildman–Crippen MR) is 53.2 cm³/mol. The molecule has 0 aromatic rings.